The summed E-state index contributed by atoms with van der Waals surface area (Å²) in [6.45, 7) is 4.70. The van der Waals surface area contributed by atoms with Gasteiger partial charge in [0.05, 0.1) is 36.2 Å². The number of hydrogen-bond acceptors (Lipinski definition) is 10. The van der Waals surface area contributed by atoms with E-state index < -0.39 is 46.1 Å². The average molecular weight is 702 g/mol. The summed E-state index contributed by atoms with van der Waals surface area (Å²) in [6.07, 6.45) is 1.34. The molecule has 0 radical (unpaired) electrons. The highest BCUT2D eigenvalue weighted by molar-refractivity contribution is 7.89. The Morgan fingerprint density at radius 2 is 1.84 bits per heavy atom. The van der Waals surface area contributed by atoms with E-state index >= 15 is 0 Å². The number of rotatable bonds is 15. The predicted molar refractivity (Wildman–Crippen MR) is 177 cm³/mol. The smallest absolute Gasteiger partial charge is 0.407 e. The lowest BCUT2D eigenvalue weighted by atomic mass is 9.84. The lowest BCUT2D eigenvalue weighted by Gasteiger charge is -2.35. The Balaban J connectivity index is 1.20. The van der Waals surface area contributed by atoms with Crippen LogP contribution in [-0.2, 0) is 35.4 Å². The molecule has 0 bridgehead atoms. The molecule has 5 atom stereocenters. The van der Waals surface area contributed by atoms with Crippen LogP contribution in [-0.4, -0.2) is 94.0 Å². The van der Waals surface area contributed by atoms with Gasteiger partial charge in [-0.3, -0.25) is 4.79 Å². The molecule has 49 heavy (non-hydrogen) atoms. The minimum atomic E-state index is -4.19. The first kappa shape index (κ1) is 35.4. The van der Waals surface area contributed by atoms with Gasteiger partial charge in [0.1, 0.15) is 6.10 Å². The summed E-state index contributed by atoms with van der Waals surface area (Å²) in [7, 11) is -4.19. The maximum absolute atomic E-state index is 14.3. The Labute approximate surface area is 287 Å². The first-order chi connectivity index (χ1) is 23.5. The van der Waals surface area contributed by atoms with Gasteiger partial charge in [-0.25, -0.2) is 13.2 Å². The number of carbonyl (C=O) groups is 2. The second-order valence-electron chi connectivity index (χ2n) is 14.1. The Morgan fingerprint density at radius 3 is 2.59 bits per heavy atom. The monoisotopic (exact) mass is 701 g/mol. The van der Waals surface area contributed by atoms with Crippen molar-refractivity contribution >= 4 is 22.0 Å². The van der Waals surface area contributed by atoms with Gasteiger partial charge in [0, 0.05) is 31.6 Å². The SMILES string of the molecule is CC(C)(CCNC(=O)C1CCC1)CN(C[C@@H](O)[C@H](Cc1ccccc1)NC(=O)O[C@H]1CO[C@H]2OCC[C@H]21)S(=O)(=O)c1ccc2c(c1)OCO2. The summed E-state index contributed by atoms with van der Waals surface area (Å²) < 4.78 is 57.6. The summed E-state index contributed by atoms with van der Waals surface area (Å²) in [5.74, 6) is 0.782. The molecule has 3 fully saturated rings. The lowest BCUT2D eigenvalue weighted by Crippen LogP contribution is -2.52. The van der Waals surface area contributed by atoms with E-state index in [-0.39, 0.29) is 55.5 Å². The van der Waals surface area contributed by atoms with E-state index in [1.54, 1.807) is 6.07 Å². The van der Waals surface area contributed by atoms with Gasteiger partial charge < -0.3 is 39.4 Å². The third kappa shape index (κ3) is 8.66. The standard InChI is InChI=1S/C35H47N3O10S/c1-35(2,14-15-36-32(40)24-9-6-10-24)21-38(49(42,43)25-11-12-29-30(18-25)47-22-46-29)19-28(39)27(17-23-7-4-3-5-8-23)37-34(41)48-31-20-45-33-26(31)13-16-44-33/h3-5,7-8,11-12,18,24,26-28,31,33,39H,6,9-10,13-17,19-22H2,1-2H3,(H,36,40)(H,37,41)/t26-,27-,28+,31-,33+/m0/s1. The number of hydrogen-bond donors (Lipinski definition) is 3. The largest absolute Gasteiger partial charge is 0.454 e. The van der Waals surface area contributed by atoms with Crippen molar-refractivity contribution in [2.75, 3.05) is 39.6 Å². The molecule has 0 spiro atoms. The predicted octanol–water partition coefficient (Wildman–Crippen LogP) is 3.20. The molecule has 3 N–H and O–H groups in total. The lowest BCUT2D eigenvalue weighted by molar-refractivity contribution is -0.127. The number of sulfonamides is 1. The van der Waals surface area contributed by atoms with Crippen molar-refractivity contribution in [3.05, 3.63) is 54.1 Å². The van der Waals surface area contributed by atoms with Crippen LogP contribution in [0.2, 0.25) is 0 Å². The summed E-state index contributed by atoms with van der Waals surface area (Å²) in [5.41, 5.74) is 0.243. The van der Waals surface area contributed by atoms with Crippen LogP contribution < -0.4 is 20.1 Å². The van der Waals surface area contributed by atoms with Crippen LogP contribution in [0.25, 0.3) is 0 Å². The van der Waals surface area contributed by atoms with E-state index in [0.717, 1.165) is 24.8 Å². The second-order valence-corrected chi connectivity index (χ2v) is 16.1. The van der Waals surface area contributed by atoms with E-state index in [2.05, 4.69) is 10.6 Å². The first-order valence-electron chi connectivity index (χ1n) is 17.1. The van der Waals surface area contributed by atoms with E-state index in [9.17, 15) is 23.1 Å². The minimum Gasteiger partial charge on any atom is -0.454 e. The number of aliphatic hydroxyl groups excluding tert-OH is 1. The van der Waals surface area contributed by atoms with Crippen LogP contribution in [0, 0.1) is 17.3 Å². The maximum atomic E-state index is 14.3. The van der Waals surface area contributed by atoms with E-state index in [1.165, 1.54) is 16.4 Å². The Hall–Kier alpha value is -3.43. The van der Waals surface area contributed by atoms with E-state index in [0.29, 0.717) is 37.5 Å². The quantitative estimate of drug-likeness (QED) is 0.252. The van der Waals surface area contributed by atoms with Gasteiger partial charge in [-0.15, -0.1) is 0 Å². The topological polar surface area (TPSA) is 162 Å². The number of ether oxygens (including phenoxy) is 5. The van der Waals surface area contributed by atoms with Crippen molar-refractivity contribution in [1.82, 2.24) is 14.9 Å². The molecule has 3 heterocycles. The molecule has 3 aliphatic heterocycles. The highest BCUT2D eigenvalue weighted by Crippen LogP contribution is 2.36. The molecule has 268 valence electrons. The van der Waals surface area contributed by atoms with E-state index in [1.807, 2.05) is 44.2 Å². The molecule has 1 aliphatic carbocycles. The third-order valence-electron chi connectivity index (χ3n) is 9.86. The molecule has 6 rings (SSSR count). The number of alkyl carbamates (subject to hydrolysis) is 1. The van der Waals surface area contributed by atoms with Crippen molar-refractivity contribution in [3.63, 3.8) is 0 Å². The van der Waals surface area contributed by atoms with Crippen LogP contribution in [0.15, 0.2) is 53.4 Å². The fourth-order valence-corrected chi connectivity index (χ4v) is 8.35. The minimum absolute atomic E-state index is 0.00871. The highest BCUT2D eigenvalue weighted by atomic mass is 32.2. The van der Waals surface area contributed by atoms with Gasteiger partial charge in [-0.2, -0.15) is 4.31 Å². The van der Waals surface area contributed by atoms with Gasteiger partial charge in [0.2, 0.25) is 22.7 Å². The molecule has 0 aromatic heterocycles. The molecule has 2 amide bonds. The normalized spacial score (nSPS) is 23.1. The van der Waals surface area contributed by atoms with Crippen LogP contribution in [0.4, 0.5) is 4.79 Å². The van der Waals surface area contributed by atoms with Crippen molar-refractivity contribution in [2.45, 2.75) is 81.8 Å². The number of benzene rings is 2. The van der Waals surface area contributed by atoms with Gasteiger partial charge in [-0.1, -0.05) is 50.6 Å². The fraction of sp³-hybridized carbons (Fsp3) is 0.600. The summed E-state index contributed by atoms with van der Waals surface area (Å²) in [6, 6.07) is 12.9. The molecule has 14 heteroatoms. The molecule has 13 nitrogen and oxygen atoms in total. The number of aliphatic hydroxyl groups is 1. The molecule has 1 saturated carbocycles. The maximum Gasteiger partial charge on any atom is 0.407 e. The zero-order valence-electron chi connectivity index (χ0n) is 28.0. The van der Waals surface area contributed by atoms with Crippen LogP contribution in [0.1, 0.15) is 51.5 Å². The number of nitrogens with zero attached hydrogens (tertiary/aromatic N) is 1. The summed E-state index contributed by atoms with van der Waals surface area (Å²) >= 11 is 0. The highest BCUT2D eigenvalue weighted by Gasteiger charge is 2.44. The zero-order chi connectivity index (χ0) is 34.6. The van der Waals surface area contributed by atoms with Crippen LogP contribution in [0.3, 0.4) is 0 Å². The van der Waals surface area contributed by atoms with Crippen LogP contribution in [0.5, 0.6) is 11.5 Å². The van der Waals surface area contributed by atoms with Crippen LogP contribution >= 0.6 is 0 Å². The van der Waals surface area contributed by atoms with Gasteiger partial charge in [0.25, 0.3) is 0 Å². The number of carbonyl (C=O) groups excluding carboxylic acids is 2. The average Bonchev–Trinajstić information content (AvgIpc) is 3.78. The second kappa shape index (κ2) is 15.2. The molecule has 4 aliphatic rings. The van der Waals surface area contributed by atoms with Crippen molar-refractivity contribution in [3.8, 4) is 11.5 Å². The summed E-state index contributed by atoms with van der Waals surface area (Å²) in [4.78, 5) is 25.7. The molecular weight excluding hydrogens is 654 g/mol. The molecule has 0 unspecified atom stereocenters. The Morgan fingerprint density at radius 1 is 1.06 bits per heavy atom. The van der Waals surface area contributed by atoms with Crippen molar-refractivity contribution < 1.29 is 46.8 Å². The first-order valence-corrected chi connectivity index (χ1v) is 18.5. The molecule has 2 aromatic rings. The zero-order valence-corrected chi connectivity index (χ0v) is 28.9. The van der Waals surface area contributed by atoms with Crippen molar-refractivity contribution in [1.29, 1.82) is 0 Å². The summed E-state index contributed by atoms with van der Waals surface area (Å²) in [5, 5.41) is 17.6. The fourth-order valence-electron chi connectivity index (χ4n) is 6.69. The Bertz CT molecular complexity index is 1570. The molecule has 2 saturated heterocycles. The van der Waals surface area contributed by atoms with Gasteiger partial charge >= 0.3 is 6.09 Å². The van der Waals surface area contributed by atoms with Gasteiger partial charge in [0.15, 0.2) is 17.8 Å². The number of nitrogens with one attached hydrogen (secondary N) is 2. The Kier molecular flexibility index (Phi) is 11.0. The molecule has 2 aromatic carbocycles. The third-order valence-corrected chi connectivity index (χ3v) is 11.7. The molecular formula is C35H47N3O10S. The van der Waals surface area contributed by atoms with E-state index in [4.69, 9.17) is 23.7 Å². The number of amides is 2. The van der Waals surface area contributed by atoms with Crippen molar-refractivity contribution in [2.24, 2.45) is 17.3 Å². The number of fused-ring (bicyclic) bond motifs is 2. The van der Waals surface area contributed by atoms with Gasteiger partial charge in [-0.05, 0) is 55.2 Å².